The van der Waals surface area contributed by atoms with E-state index in [1.54, 1.807) is 31.1 Å². The maximum Gasteiger partial charge on any atom is 0.339 e. The summed E-state index contributed by atoms with van der Waals surface area (Å²) in [6.45, 7) is 2.80. The Balaban J connectivity index is 1.50. The Labute approximate surface area is 169 Å². The quantitative estimate of drug-likeness (QED) is 0.634. The normalized spacial score (nSPS) is 14.2. The molecular weight excluding hydrogens is 366 g/mol. The summed E-state index contributed by atoms with van der Waals surface area (Å²) in [6.07, 6.45) is -0.0419. The molecule has 148 valence electrons. The molecule has 1 aliphatic rings. The van der Waals surface area contributed by atoms with Gasteiger partial charge in [0, 0.05) is 18.5 Å². The fourth-order valence-corrected chi connectivity index (χ4v) is 3.84. The SMILES string of the molecule is COc1ccc(C(=O)O[C@@H](C)C(=O)N2CCc3ccccc3C2)c2ccccc12. The number of fused-ring (bicyclic) bond motifs is 2. The van der Waals surface area contributed by atoms with Crippen LogP contribution in [0.25, 0.3) is 10.8 Å². The van der Waals surface area contributed by atoms with Crippen molar-refractivity contribution in [1.82, 2.24) is 4.90 Å². The van der Waals surface area contributed by atoms with Crippen LogP contribution in [0.4, 0.5) is 0 Å². The molecule has 29 heavy (non-hydrogen) atoms. The van der Waals surface area contributed by atoms with E-state index in [1.165, 1.54) is 5.56 Å². The molecule has 1 amide bonds. The summed E-state index contributed by atoms with van der Waals surface area (Å²) >= 11 is 0. The average molecular weight is 389 g/mol. The van der Waals surface area contributed by atoms with Crippen LogP contribution in [-0.2, 0) is 22.5 Å². The van der Waals surface area contributed by atoms with E-state index in [-0.39, 0.29) is 5.91 Å². The highest BCUT2D eigenvalue weighted by molar-refractivity contribution is 6.07. The molecule has 0 saturated carbocycles. The van der Waals surface area contributed by atoms with E-state index in [0.717, 1.165) is 22.8 Å². The molecule has 0 bridgehead atoms. The van der Waals surface area contributed by atoms with E-state index in [1.807, 2.05) is 42.5 Å². The van der Waals surface area contributed by atoms with E-state index in [9.17, 15) is 9.59 Å². The molecule has 1 heterocycles. The fraction of sp³-hybridized carbons (Fsp3) is 0.250. The topological polar surface area (TPSA) is 55.8 Å². The third-order valence-electron chi connectivity index (χ3n) is 5.40. The van der Waals surface area contributed by atoms with Gasteiger partial charge in [-0.05, 0) is 42.0 Å². The third-order valence-corrected chi connectivity index (χ3v) is 5.40. The zero-order valence-electron chi connectivity index (χ0n) is 16.6. The molecule has 3 aromatic rings. The van der Waals surface area contributed by atoms with E-state index >= 15 is 0 Å². The van der Waals surface area contributed by atoms with Gasteiger partial charge in [-0.3, -0.25) is 4.79 Å². The Kier molecular flexibility index (Phi) is 5.21. The van der Waals surface area contributed by atoms with Gasteiger partial charge in [-0.2, -0.15) is 0 Å². The van der Waals surface area contributed by atoms with Gasteiger partial charge in [-0.15, -0.1) is 0 Å². The first-order valence-electron chi connectivity index (χ1n) is 9.71. The lowest BCUT2D eigenvalue weighted by molar-refractivity contribution is -0.140. The summed E-state index contributed by atoms with van der Waals surface area (Å²) in [4.78, 5) is 27.4. The van der Waals surface area contributed by atoms with Crippen molar-refractivity contribution in [3.63, 3.8) is 0 Å². The molecule has 0 spiro atoms. The number of carbonyl (C=O) groups is 2. The van der Waals surface area contributed by atoms with Crippen LogP contribution in [0.15, 0.2) is 60.7 Å². The first-order chi connectivity index (χ1) is 14.1. The van der Waals surface area contributed by atoms with Crippen LogP contribution in [-0.4, -0.2) is 36.5 Å². The van der Waals surface area contributed by atoms with E-state index in [0.29, 0.717) is 24.4 Å². The molecule has 5 heteroatoms. The highest BCUT2D eigenvalue weighted by Gasteiger charge is 2.27. The molecule has 0 saturated heterocycles. The largest absolute Gasteiger partial charge is 0.496 e. The zero-order chi connectivity index (χ0) is 20.4. The predicted octanol–water partition coefficient (Wildman–Crippen LogP) is 3.98. The minimum atomic E-state index is -0.853. The predicted molar refractivity (Wildman–Crippen MR) is 111 cm³/mol. The number of benzene rings is 3. The minimum absolute atomic E-state index is 0.175. The van der Waals surface area contributed by atoms with Crippen molar-refractivity contribution in [2.45, 2.75) is 26.0 Å². The van der Waals surface area contributed by atoms with Crippen molar-refractivity contribution in [3.8, 4) is 5.75 Å². The van der Waals surface area contributed by atoms with Crippen molar-refractivity contribution in [1.29, 1.82) is 0 Å². The standard InChI is InChI=1S/C24H23NO4/c1-16(23(26)25-14-13-17-7-3-4-8-18(17)15-25)29-24(27)21-11-12-22(28-2)20-10-6-5-9-19(20)21/h3-12,16H,13-15H2,1-2H3/t16-/m0/s1. The van der Waals surface area contributed by atoms with Crippen LogP contribution in [0.1, 0.15) is 28.4 Å². The summed E-state index contributed by atoms with van der Waals surface area (Å²) in [7, 11) is 1.59. The number of carbonyl (C=O) groups excluding carboxylic acids is 2. The highest BCUT2D eigenvalue weighted by atomic mass is 16.5. The van der Waals surface area contributed by atoms with Gasteiger partial charge >= 0.3 is 5.97 Å². The number of hydrogen-bond donors (Lipinski definition) is 0. The monoisotopic (exact) mass is 389 g/mol. The van der Waals surface area contributed by atoms with Gasteiger partial charge in [0.05, 0.1) is 12.7 Å². The first kappa shape index (κ1) is 19.0. The van der Waals surface area contributed by atoms with Gasteiger partial charge in [0.1, 0.15) is 5.75 Å². The zero-order valence-corrected chi connectivity index (χ0v) is 16.6. The summed E-state index contributed by atoms with van der Waals surface area (Å²) in [5.74, 6) is 0.000963. The maximum absolute atomic E-state index is 12.9. The minimum Gasteiger partial charge on any atom is -0.496 e. The van der Waals surface area contributed by atoms with Gasteiger partial charge in [0.15, 0.2) is 6.10 Å². The molecule has 0 N–H and O–H groups in total. The number of amides is 1. The van der Waals surface area contributed by atoms with Crippen LogP contribution < -0.4 is 4.74 Å². The molecule has 0 radical (unpaired) electrons. The summed E-state index contributed by atoms with van der Waals surface area (Å²) in [5, 5.41) is 1.57. The number of ether oxygens (including phenoxy) is 2. The Hall–Kier alpha value is -3.34. The lowest BCUT2D eigenvalue weighted by Crippen LogP contribution is -2.42. The highest BCUT2D eigenvalue weighted by Crippen LogP contribution is 2.29. The Bertz CT molecular complexity index is 1080. The van der Waals surface area contributed by atoms with Gasteiger partial charge in [-0.25, -0.2) is 4.79 Å². The van der Waals surface area contributed by atoms with Crippen molar-refractivity contribution in [2.75, 3.05) is 13.7 Å². The lowest BCUT2D eigenvalue weighted by Gasteiger charge is -2.30. The second kappa shape index (κ2) is 7.95. The molecule has 1 atom stereocenters. The van der Waals surface area contributed by atoms with E-state index in [4.69, 9.17) is 9.47 Å². The number of nitrogens with zero attached hydrogens (tertiary/aromatic N) is 1. The van der Waals surface area contributed by atoms with Crippen molar-refractivity contribution < 1.29 is 19.1 Å². The summed E-state index contributed by atoms with van der Waals surface area (Å²) in [6, 6.07) is 19.0. The van der Waals surface area contributed by atoms with Gasteiger partial charge in [0.25, 0.3) is 5.91 Å². The second-order valence-corrected chi connectivity index (χ2v) is 7.19. The van der Waals surface area contributed by atoms with Crippen LogP contribution >= 0.6 is 0 Å². The molecule has 4 rings (SSSR count). The van der Waals surface area contributed by atoms with Gasteiger partial charge < -0.3 is 14.4 Å². The molecule has 5 nitrogen and oxygen atoms in total. The maximum atomic E-state index is 12.9. The Morgan fingerprint density at radius 2 is 1.62 bits per heavy atom. The van der Waals surface area contributed by atoms with Crippen LogP contribution in [0, 0.1) is 0 Å². The van der Waals surface area contributed by atoms with Crippen molar-refractivity contribution in [2.24, 2.45) is 0 Å². The van der Waals surface area contributed by atoms with Crippen molar-refractivity contribution >= 4 is 22.6 Å². The molecule has 1 aliphatic heterocycles. The molecular formula is C24H23NO4. The van der Waals surface area contributed by atoms with Crippen LogP contribution in [0.3, 0.4) is 0 Å². The smallest absolute Gasteiger partial charge is 0.339 e. The number of hydrogen-bond acceptors (Lipinski definition) is 4. The molecule has 0 aliphatic carbocycles. The third kappa shape index (κ3) is 3.68. The first-order valence-corrected chi connectivity index (χ1v) is 9.71. The molecule has 0 unspecified atom stereocenters. The summed E-state index contributed by atoms with van der Waals surface area (Å²) < 4.78 is 10.9. The molecule has 0 fully saturated rings. The number of methoxy groups -OCH3 is 1. The van der Waals surface area contributed by atoms with E-state index in [2.05, 4.69) is 6.07 Å². The van der Waals surface area contributed by atoms with Crippen molar-refractivity contribution in [3.05, 3.63) is 77.4 Å². The fourth-order valence-electron chi connectivity index (χ4n) is 3.84. The Morgan fingerprint density at radius 3 is 2.38 bits per heavy atom. The average Bonchev–Trinajstić information content (AvgIpc) is 2.77. The second-order valence-electron chi connectivity index (χ2n) is 7.19. The molecule has 3 aromatic carbocycles. The summed E-state index contributed by atoms with van der Waals surface area (Å²) in [5.41, 5.74) is 2.84. The number of esters is 1. The van der Waals surface area contributed by atoms with Gasteiger partial charge in [0.2, 0.25) is 0 Å². The number of rotatable bonds is 4. The van der Waals surface area contributed by atoms with Crippen LogP contribution in [0.5, 0.6) is 5.75 Å². The Morgan fingerprint density at radius 1 is 0.931 bits per heavy atom. The van der Waals surface area contributed by atoms with Crippen LogP contribution in [0.2, 0.25) is 0 Å². The van der Waals surface area contributed by atoms with Gasteiger partial charge in [-0.1, -0.05) is 48.5 Å². The van der Waals surface area contributed by atoms with E-state index < -0.39 is 12.1 Å². The lowest BCUT2D eigenvalue weighted by atomic mass is 9.99. The molecule has 0 aromatic heterocycles.